The quantitative estimate of drug-likeness (QED) is 0.0376. The molecule has 0 N–H and O–H groups in total. The largest absolute Gasteiger partial charge is 0.462 e. The monoisotopic (exact) mass is 681 g/mol. The van der Waals surface area contributed by atoms with Crippen LogP contribution < -0.4 is 0 Å². The third-order valence-corrected chi connectivity index (χ3v) is 9.15. The number of hydrogen-bond acceptors (Lipinski definition) is 6. The van der Waals surface area contributed by atoms with Crippen molar-refractivity contribution in [3.8, 4) is 0 Å². The standard InChI is InChI=1S/C42H80O6/c1-36(2)28-22-16-10-7-13-19-25-31-40(43)46-34-39(48-42(45)33-27-21-15-9-12-18-24-30-38(5)6)35-47-41(44)32-26-20-14-8-11-17-23-29-37(3)4/h36-39H,7-35H2,1-6H3. The van der Waals surface area contributed by atoms with E-state index in [4.69, 9.17) is 14.2 Å². The number of carbonyl (C=O) groups excluding carboxylic acids is 3. The van der Waals surface area contributed by atoms with Crippen LogP contribution in [0.5, 0.6) is 0 Å². The zero-order valence-electron chi connectivity index (χ0n) is 32.8. The van der Waals surface area contributed by atoms with E-state index in [1.165, 1.54) is 96.3 Å². The van der Waals surface area contributed by atoms with Crippen molar-refractivity contribution < 1.29 is 28.6 Å². The average Bonchev–Trinajstić information content (AvgIpc) is 3.03. The Bertz CT molecular complexity index is 704. The van der Waals surface area contributed by atoms with Crippen molar-refractivity contribution in [3.63, 3.8) is 0 Å². The van der Waals surface area contributed by atoms with Crippen molar-refractivity contribution in [1.29, 1.82) is 0 Å². The molecule has 0 bridgehead atoms. The molecule has 0 aliphatic heterocycles. The van der Waals surface area contributed by atoms with Gasteiger partial charge >= 0.3 is 17.9 Å². The van der Waals surface area contributed by atoms with Gasteiger partial charge in [-0.25, -0.2) is 0 Å². The highest BCUT2D eigenvalue weighted by Gasteiger charge is 2.19. The van der Waals surface area contributed by atoms with E-state index in [2.05, 4.69) is 41.5 Å². The van der Waals surface area contributed by atoms with Crippen molar-refractivity contribution >= 4 is 17.9 Å². The maximum absolute atomic E-state index is 12.6. The lowest BCUT2D eigenvalue weighted by Crippen LogP contribution is -2.30. The molecule has 0 rings (SSSR count). The van der Waals surface area contributed by atoms with Crippen LogP contribution in [0.4, 0.5) is 0 Å². The fraction of sp³-hybridized carbons (Fsp3) is 0.929. The van der Waals surface area contributed by atoms with Gasteiger partial charge in [-0.3, -0.25) is 14.4 Å². The zero-order chi connectivity index (χ0) is 35.7. The second-order valence-corrected chi connectivity index (χ2v) is 15.7. The molecule has 0 amide bonds. The van der Waals surface area contributed by atoms with Crippen molar-refractivity contribution in [3.05, 3.63) is 0 Å². The van der Waals surface area contributed by atoms with Crippen molar-refractivity contribution in [1.82, 2.24) is 0 Å². The van der Waals surface area contributed by atoms with Crippen LogP contribution >= 0.6 is 0 Å². The summed E-state index contributed by atoms with van der Waals surface area (Å²) >= 11 is 0. The summed E-state index contributed by atoms with van der Waals surface area (Å²) in [5.74, 6) is 1.47. The SMILES string of the molecule is CC(C)CCCCCCCCCC(=O)OCC(COC(=O)CCCCCCCCCC(C)C)OC(=O)CCCCCCCCCC(C)C. The van der Waals surface area contributed by atoms with Gasteiger partial charge in [0.1, 0.15) is 13.2 Å². The number of esters is 3. The highest BCUT2D eigenvalue weighted by Crippen LogP contribution is 2.16. The van der Waals surface area contributed by atoms with Crippen LogP contribution in [-0.4, -0.2) is 37.2 Å². The summed E-state index contributed by atoms with van der Waals surface area (Å²) in [5.41, 5.74) is 0. The van der Waals surface area contributed by atoms with E-state index in [0.717, 1.165) is 75.5 Å². The highest BCUT2D eigenvalue weighted by atomic mass is 16.6. The average molecular weight is 681 g/mol. The van der Waals surface area contributed by atoms with Crippen molar-refractivity contribution in [2.24, 2.45) is 17.8 Å². The summed E-state index contributed by atoms with van der Waals surface area (Å²) < 4.78 is 16.6. The lowest BCUT2D eigenvalue weighted by Gasteiger charge is -2.18. The minimum atomic E-state index is -0.761. The van der Waals surface area contributed by atoms with Crippen LogP contribution in [0.3, 0.4) is 0 Å². The molecule has 0 saturated heterocycles. The molecule has 0 radical (unpaired) electrons. The predicted octanol–water partition coefficient (Wildman–Crippen LogP) is 12.5. The third-order valence-electron chi connectivity index (χ3n) is 9.15. The molecule has 0 atom stereocenters. The van der Waals surface area contributed by atoms with Crippen LogP contribution in [0, 0.1) is 17.8 Å². The molecule has 0 aromatic rings. The fourth-order valence-electron chi connectivity index (χ4n) is 5.99. The summed E-state index contributed by atoms with van der Waals surface area (Å²) in [6.07, 6.45) is 28.3. The van der Waals surface area contributed by atoms with Crippen LogP contribution in [0.15, 0.2) is 0 Å². The smallest absolute Gasteiger partial charge is 0.306 e. The topological polar surface area (TPSA) is 78.9 Å². The minimum Gasteiger partial charge on any atom is -0.462 e. The van der Waals surface area contributed by atoms with Gasteiger partial charge in [-0.2, -0.15) is 0 Å². The third kappa shape index (κ3) is 35.7. The van der Waals surface area contributed by atoms with Gasteiger partial charge in [-0.15, -0.1) is 0 Å². The summed E-state index contributed by atoms with van der Waals surface area (Å²) in [6, 6.07) is 0. The lowest BCUT2D eigenvalue weighted by molar-refractivity contribution is -0.167. The van der Waals surface area contributed by atoms with E-state index in [9.17, 15) is 14.4 Å². The molecule has 0 unspecified atom stereocenters. The Balaban J connectivity index is 4.37. The molecule has 6 heteroatoms. The molecule has 0 aromatic carbocycles. The molecule has 0 heterocycles. The Hall–Kier alpha value is -1.59. The summed E-state index contributed by atoms with van der Waals surface area (Å²) in [7, 11) is 0. The molecule has 0 aliphatic carbocycles. The van der Waals surface area contributed by atoms with Gasteiger partial charge in [-0.05, 0) is 37.0 Å². The molecule has 6 nitrogen and oxygen atoms in total. The zero-order valence-corrected chi connectivity index (χ0v) is 32.8. The molecule has 0 spiro atoms. The fourth-order valence-corrected chi connectivity index (χ4v) is 5.99. The second kappa shape index (κ2) is 33.9. The lowest BCUT2D eigenvalue weighted by atomic mass is 10.0. The maximum atomic E-state index is 12.6. The van der Waals surface area contributed by atoms with Gasteiger partial charge in [0.25, 0.3) is 0 Å². The molecular weight excluding hydrogens is 600 g/mol. The Morgan fingerprint density at radius 1 is 0.354 bits per heavy atom. The van der Waals surface area contributed by atoms with Gasteiger partial charge in [-0.1, -0.05) is 176 Å². The van der Waals surface area contributed by atoms with E-state index < -0.39 is 6.10 Å². The number of carbonyl (C=O) groups is 3. The summed E-state index contributed by atoms with van der Waals surface area (Å²) in [4.78, 5) is 37.5. The van der Waals surface area contributed by atoms with Crippen LogP contribution in [0.2, 0.25) is 0 Å². The van der Waals surface area contributed by atoms with E-state index >= 15 is 0 Å². The Labute approximate surface area is 298 Å². The van der Waals surface area contributed by atoms with E-state index in [0.29, 0.717) is 19.3 Å². The Morgan fingerprint density at radius 2 is 0.604 bits per heavy atom. The highest BCUT2D eigenvalue weighted by molar-refractivity contribution is 5.71. The molecule has 0 fully saturated rings. The molecule has 0 aliphatic rings. The minimum absolute atomic E-state index is 0.0686. The maximum Gasteiger partial charge on any atom is 0.306 e. The number of unbranched alkanes of at least 4 members (excludes halogenated alkanes) is 18. The first-order valence-electron chi connectivity index (χ1n) is 20.6. The van der Waals surface area contributed by atoms with Gasteiger partial charge in [0.05, 0.1) is 0 Å². The number of rotatable bonds is 35. The Morgan fingerprint density at radius 3 is 0.896 bits per heavy atom. The molecule has 284 valence electrons. The molecule has 48 heavy (non-hydrogen) atoms. The van der Waals surface area contributed by atoms with Gasteiger partial charge in [0.15, 0.2) is 6.10 Å². The van der Waals surface area contributed by atoms with E-state index in [-0.39, 0.29) is 31.1 Å². The van der Waals surface area contributed by atoms with Gasteiger partial charge in [0.2, 0.25) is 0 Å². The van der Waals surface area contributed by atoms with Gasteiger partial charge < -0.3 is 14.2 Å². The molecular formula is C42H80O6. The van der Waals surface area contributed by atoms with Crippen LogP contribution in [0.25, 0.3) is 0 Å². The number of hydrogen-bond donors (Lipinski definition) is 0. The molecule has 0 aromatic heterocycles. The Kier molecular flexibility index (Phi) is 32.8. The summed E-state index contributed by atoms with van der Waals surface area (Å²) in [5, 5.41) is 0. The van der Waals surface area contributed by atoms with Crippen molar-refractivity contribution in [2.45, 2.75) is 221 Å². The van der Waals surface area contributed by atoms with E-state index in [1.807, 2.05) is 0 Å². The van der Waals surface area contributed by atoms with E-state index in [1.54, 1.807) is 0 Å². The van der Waals surface area contributed by atoms with Crippen LogP contribution in [-0.2, 0) is 28.6 Å². The number of ether oxygens (including phenoxy) is 3. The summed E-state index contributed by atoms with van der Waals surface area (Å²) in [6.45, 7) is 13.5. The first-order chi connectivity index (χ1) is 23.1. The molecule has 0 saturated carbocycles. The van der Waals surface area contributed by atoms with Gasteiger partial charge in [0, 0.05) is 19.3 Å². The predicted molar refractivity (Wildman–Crippen MR) is 201 cm³/mol. The second-order valence-electron chi connectivity index (χ2n) is 15.7. The first-order valence-corrected chi connectivity index (χ1v) is 20.6. The first kappa shape index (κ1) is 46.4. The normalized spacial score (nSPS) is 11.6. The van der Waals surface area contributed by atoms with Crippen LogP contribution in [0.1, 0.15) is 215 Å². The van der Waals surface area contributed by atoms with Crippen molar-refractivity contribution in [2.75, 3.05) is 13.2 Å².